The lowest BCUT2D eigenvalue weighted by Crippen LogP contribution is -2.64. The molecule has 0 spiro atoms. The molecule has 2 fully saturated rings. The lowest BCUT2D eigenvalue weighted by Gasteiger charge is -2.41. The van der Waals surface area contributed by atoms with E-state index in [0.29, 0.717) is 6.54 Å². The molecule has 2 aliphatic heterocycles. The average molecular weight is 240 g/mol. The smallest absolute Gasteiger partial charge is 0.245 e. The standard InChI is InChI=1S/C12H20N2O3/c1-12(2)11(16)13-8-10(15)14(12)6-5-9-4-3-7-17-9/h9H,3-8H2,1-2H3,(H,13,16). The Kier molecular flexibility index (Phi) is 3.38. The van der Waals surface area contributed by atoms with Gasteiger partial charge in [-0.2, -0.15) is 0 Å². The Morgan fingerprint density at radius 3 is 2.88 bits per heavy atom. The van der Waals surface area contributed by atoms with E-state index >= 15 is 0 Å². The zero-order valence-corrected chi connectivity index (χ0v) is 10.5. The molecule has 1 atom stereocenters. The minimum atomic E-state index is -0.742. The summed E-state index contributed by atoms with van der Waals surface area (Å²) in [6.45, 7) is 5.12. The van der Waals surface area contributed by atoms with Gasteiger partial charge in [0.1, 0.15) is 5.54 Å². The molecule has 0 saturated carbocycles. The summed E-state index contributed by atoms with van der Waals surface area (Å²) in [4.78, 5) is 25.2. The van der Waals surface area contributed by atoms with Crippen LogP contribution in [0.25, 0.3) is 0 Å². The number of hydrogen-bond acceptors (Lipinski definition) is 3. The van der Waals surface area contributed by atoms with Crippen LogP contribution >= 0.6 is 0 Å². The third-order valence-corrected chi connectivity index (χ3v) is 3.63. The van der Waals surface area contributed by atoms with E-state index in [4.69, 9.17) is 4.74 Å². The van der Waals surface area contributed by atoms with Crippen LogP contribution in [0, 0.1) is 0 Å². The van der Waals surface area contributed by atoms with Crippen molar-refractivity contribution in [2.24, 2.45) is 0 Å². The average Bonchev–Trinajstić information content (AvgIpc) is 2.77. The summed E-state index contributed by atoms with van der Waals surface area (Å²) in [5, 5.41) is 2.62. The quantitative estimate of drug-likeness (QED) is 0.771. The van der Waals surface area contributed by atoms with Gasteiger partial charge in [-0.3, -0.25) is 9.59 Å². The van der Waals surface area contributed by atoms with Gasteiger partial charge in [-0.1, -0.05) is 0 Å². The van der Waals surface area contributed by atoms with E-state index in [1.165, 1.54) is 0 Å². The predicted octanol–water partition coefficient (Wildman–Crippen LogP) is 0.293. The number of carbonyl (C=O) groups excluding carboxylic acids is 2. The number of nitrogens with zero attached hydrogens (tertiary/aromatic N) is 1. The van der Waals surface area contributed by atoms with Crippen LogP contribution in [-0.4, -0.2) is 48.1 Å². The van der Waals surface area contributed by atoms with Crippen molar-refractivity contribution >= 4 is 11.8 Å². The van der Waals surface area contributed by atoms with Crippen molar-refractivity contribution in [3.63, 3.8) is 0 Å². The predicted molar refractivity (Wildman–Crippen MR) is 62.4 cm³/mol. The van der Waals surface area contributed by atoms with Gasteiger partial charge in [0.25, 0.3) is 0 Å². The summed E-state index contributed by atoms with van der Waals surface area (Å²) in [5.74, 6) is -0.0861. The first-order chi connectivity index (χ1) is 8.01. The second kappa shape index (κ2) is 4.64. The molecule has 2 saturated heterocycles. The molecular weight excluding hydrogens is 220 g/mol. The van der Waals surface area contributed by atoms with E-state index in [-0.39, 0.29) is 24.5 Å². The molecule has 5 nitrogen and oxygen atoms in total. The fourth-order valence-corrected chi connectivity index (χ4v) is 2.45. The summed E-state index contributed by atoms with van der Waals surface area (Å²) in [6.07, 6.45) is 3.24. The Balaban J connectivity index is 1.96. The fourth-order valence-electron chi connectivity index (χ4n) is 2.45. The molecule has 1 unspecified atom stereocenters. The number of nitrogens with one attached hydrogen (secondary N) is 1. The zero-order chi connectivity index (χ0) is 12.5. The molecule has 0 aromatic heterocycles. The van der Waals surface area contributed by atoms with Crippen molar-refractivity contribution in [2.75, 3.05) is 19.7 Å². The first-order valence-corrected chi connectivity index (χ1v) is 6.22. The van der Waals surface area contributed by atoms with Gasteiger partial charge in [-0.05, 0) is 33.1 Å². The van der Waals surface area contributed by atoms with Crippen LogP contribution in [0.1, 0.15) is 33.1 Å². The molecule has 0 aromatic carbocycles. The van der Waals surface area contributed by atoms with Crippen LogP contribution < -0.4 is 5.32 Å². The largest absolute Gasteiger partial charge is 0.378 e. The van der Waals surface area contributed by atoms with Crippen molar-refractivity contribution in [1.82, 2.24) is 10.2 Å². The first-order valence-electron chi connectivity index (χ1n) is 6.22. The van der Waals surface area contributed by atoms with Crippen molar-refractivity contribution in [3.05, 3.63) is 0 Å². The van der Waals surface area contributed by atoms with Gasteiger partial charge < -0.3 is 15.0 Å². The van der Waals surface area contributed by atoms with Gasteiger partial charge in [0.15, 0.2) is 0 Å². The number of hydrogen-bond donors (Lipinski definition) is 1. The van der Waals surface area contributed by atoms with E-state index < -0.39 is 5.54 Å². The summed E-state index contributed by atoms with van der Waals surface area (Å²) >= 11 is 0. The molecule has 0 aromatic rings. The maximum Gasteiger partial charge on any atom is 0.245 e. The minimum absolute atomic E-state index is 0.00685. The molecular formula is C12H20N2O3. The molecule has 2 amide bonds. The lowest BCUT2D eigenvalue weighted by molar-refractivity contribution is -0.151. The highest BCUT2D eigenvalue weighted by atomic mass is 16.5. The van der Waals surface area contributed by atoms with E-state index in [2.05, 4.69) is 5.32 Å². The summed E-state index contributed by atoms with van der Waals surface area (Å²) in [5.41, 5.74) is -0.742. The van der Waals surface area contributed by atoms with Gasteiger partial charge in [0.2, 0.25) is 11.8 Å². The van der Waals surface area contributed by atoms with Gasteiger partial charge in [-0.15, -0.1) is 0 Å². The van der Waals surface area contributed by atoms with Crippen LogP contribution in [0.15, 0.2) is 0 Å². The van der Waals surface area contributed by atoms with Crippen molar-refractivity contribution in [3.8, 4) is 0 Å². The van der Waals surface area contributed by atoms with Gasteiger partial charge >= 0.3 is 0 Å². The molecule has 0 bridgehead atoms. The highest BCUT2D eigenvalue weighted by molar-refractivity contribution is 5.97. The Hall–Kier alpha value is -1.10. The second-order valence-electron chi connectivity index (χ2n) is 5.21. The lowest BCUT2D eigenvalue weighted by atomic mass is 9.98. The Morgan fingerprint density at radius 1 is 1.47 bits per heavy atom. The van der Waals surface area contributed by atoms with Crippen molar-refractivity contribution < 1.29 is 14.3 Å². The number of carbonyl (C=O) groups is 2. The van der Waals surface area contributed by atoms with Crippen molar-refractivity contribution in [1.29, 1.82) is 0 Å². The molecule has 96 valence electrons. The number of piperazine rings is 1. The third kappa shape index (κ3) is 2.44. The van der Waals surface area contributed by atoms with Gasteiger partial charge in [0, 0.05) is 13.2 Å². The van der Waals surface area contributed by atoms with E-state index in [1.54, 1.807) is 18.7 Å². The van der Waals surface area contributed by atoms with Crippen LogP contribution in [0.2, 0.25) is 0 Å². The molecule has 17 heavy (non-hydrogen) atoms. The highest BCUT2D eigenvalue weighted by Gasteiger charge is 2.41. The minimum Gasteiger partial charge on any atom is -0.378 e. The van der Waals surface area contributed by atoms with Crippen LogP contribution in [-0.2, 0) is 14.3 Å². The zero-order valence-electron chi connectivity index (χ0n) is 10.5. The fraction of sp³-hybridized carbons (Fsp3) is 0.833. The number of ether oxygens (including phenoxy) is 1. The van der Waals surface area contributed by atoms with Crippen LogP contribution in [0.5, 0.6) is 0 Å². The maximum atomic E-state index is 11.8. The topological polar surface area (TPSA) is 58.6 Å². The highest BCUT2D eigenvalue weighted by Crippen LogP contribution is 2.22. The molecule has 2 aliphatic rings. The molecule has 1 N–H and O–H groups in total. The first kappa shape index (κ1) is 12.4. The molecule has 0 radical (unpaired) electrons. The molecule has 2 rings (SSSR count). The van der Waals surface area contributed by atoms with Crippen LogP contribution in [0.3, 0.4) is 0 Å². The van der Waals surface area contributed by atoms with E-state index in [0.717, 1.165) is 25.9 Å². The second-order valence-corrected chi connectivity index (χ2v) is 5.21. The third-order valence-electron chi connectivity index (χ3n) is 3.63. The van der Waals surface area contributed by atoms with Crippen LogP contribution in [0.4, 0.5) is 0 Å². The molecule has 0 aliphatic carbocycles. The Morgan fingerprint density at radius 2 is 2.24 bits per heavy atom. The Bertz CT molecular complexity index is 322. The Labute approximate surface area is 101 Å². The number of amides is 2. The normalized spacial score (nSPS) is 28.4. The van der Waals surface area contributed by atoms with E-state index in [9.17, 15) is 9.59 Å². The summed E-state index contributed by atoms with van der Waals surface area (Å²) in [7, 11) is 0. The monoisotopic (exact) mass is 240 g/mol. The van der Waals surface area contributed by atoms with E-state index in [1.807, 2.05) is 0 Å². The van der Waals surface area contributed by atoms with Gasteiger partial charge in [-0.25, -0.2) is 0 Å². The number of rotatable bonds is 3. The van der Waals surface area contributed by atoms with Gasteiger partial charge in [0.05, 0.1) is 12.6 Å². The molecule has 2 heterocycles. The SMILES string of the molecule is CC1(C)C(=O)NCC(=O)N1CCC1CCCO1. The maximum absolute atomic E-state index is 11.8. The molecule has 5 heteroatoms. The van der Waals surface area contributed by atoms with Crippen molar-refractivity contribution in [2.45, 2.75) is 44.8 Å². The summed E-state index contributed by atoms with van der Waals surface area (Å²) < 4.78 is 5.54. The summed E-state index contributed by atoms with van der Waals surface area (Å²) in [6, 6.07) is 0.